The van der Waals surface area contributed by atoms with E-state index in [1.807, 2.05) is 85.9 Å². The Hall–Kier alpha value is -4.84. The molecule has 0 spiro atoms. The average molecular weight is 489 g/mol. The highest BCUT2D eigenvalue weighted by Gasteiger charge is 2.11. The highest BCUT2D eigenvalue weighted by Crippen LogP contribution is 2.33. The molecule has 0 fully saturated rings. The third-order valence-corrected chi connectivity index (χ3v) is 6.13. The zero-order chi connectivity index (χ0) is 25.6. The van der Waals surface area contributed by atoms with Gasteiger partial charge < -0.3 is 20.1 Å². The van der Waals surface area contributed by atoms with E-state index < -0.39 is 0 Å². The number of aryl methyl sites for hydroxylation is 1. The minimum absolute atomic E-state index is 0.510. The Morgan fingerprint density at radius 2 is 1.08 bits per heavy atom. The second-order valence-corrected chi connectivity index (χ2v) is 8.52. The number of benzene rings is 4. The van der Waals surface area contributed by atoms with E-state index in [4.69, 9.17) is 14.5 Å². The van der Waals surface area contributed by atoms with Gasteiger partial charge in [-0.25, -0.2) is 4.98 Å². The second kappa shape index (κ2) is 10.8. The van der Waals surface area contributed by atoms with Crippen LogP contribution in [0.4, 0.5) is 23.1 Å². The molecule has 6 heteroatoms. The first-order valence-electron chi connectivity index (χ1n) is 12.0. The van der Waals surface area contributed by atoms with Crippen molar-refractivity contribution < 1.29 is 9.47 Å². The monoisotopic (exact) mass is 488 g/mol. The maximum absolute atomic E-state index is 5.31. The average Bonchev–Trinajstić information content (AvgIpc) is 2.95. The topological polar surface area (TPSA) is 68.3 Å². The molecule has 0 radical (unpaired) electrons. The van der Waals surface area contributed by atoms with Crippen molar-refractivity contribution in [1.82, 2.24) is 9.97 Å². The number of hydrogen-bond acceptors (Lipinski definition) is 6. The lowest BCUT2D eigenvalue weighted by Gasteiger charge is -2.16. The van der Waals surface area contributed by atoms with E-state index in [1.54, 1.807) is 14.2 Å². The molecule has 0 saturated heterocycles. The van der Waals surface area contributed by atoms with Gasteiger partial charge in [-0.05, 0) is 54.4 Å². The van der Waals surface area contributed by atoms with Gasteiger partial charge in [-0.15, -0.1) is 0 Å². The van der Waals surface area contributed by atoms with E-state index in [-0.39, 0.29) is 0 Å². The third-order valence-electron chi connectivity index (χ3n) is 6.13. The molecule has 0 aliphatic rings. The number of hydrogen-bond donors (Lipinski definition) is 2. The molecule has 37 heavy (non-hydrogen) atoms. The molecule has 0 unspecified atom stereocenters. The van der Waals surface area contributed by atoms with Gasteiger partial charge in [0.25, 0.3) is 0 Å². The minimum Gasteiger partial charge on any atom is -0.497 e. The number of aromatic nitrogens is 2. The SMILES string of the molecule is COc1ccc(-c2ccccc2Nc2ncc(C)c(Nc3ccccc3-c3ccc(OC)cc3)n2)cc1. The number of rotatable bonds is 8. The van der Waals surface area contributed by atoms with Crippen LogP contribution in [0.5, 0.6) is 11.5 Å². The molecular formula is C31H28N4O2. The van der Waals surface area contributed by atoms with Crippen LogP contribution in [-0.4, -0.2) is 24.2 Å². The summed E-state index contributed by atoms with van der Waals surface area (Å²) in [5.74, 6) is 2.89. The molecule has 0 saturated carbocycles. The summed E-state index contributed by atoms with van der Waals surface area (Å²) < 4.78 is 10.6. The van der Waals surface area contributed by atoms with Crippen LogP contribution in [0.2, 0.25) is 0 Å². The molecule has 2 N–H and O–H groups in total. The third kappa shape index (κ3) is 5.38. The Bertz CT molecular complexity index is 1500. The van der Waals surface area contributed by atoms with Crippen molar-refractivity contribution in [3.63, 3.8) is 0 Å². The smallest absolute Gasteiger partial charge is 0.229 e. The van der Waals surface area contributed by atoms with E-state index in [1.165, 1.54) is 0 Å². The quantitative estimate of drug-likeness (QED) is 0.234. The van der Waals surface area contributed by atoms with Gasteiger partial charge in [0.15, 0.2) is 0 Å². The molecule has 4 aromatic carbocycles. The largest absolute Gasteiger partial charge is 0.497 e. The molecule has 1 aromatic heterocycles. The molecule has 0 amide bonds. The van der Waals surface area contributed by atoms with Gasteiger partial charge in [0, 0.05) is 34.3 Å². The molecule has 6 nitrogen and oxygen atoms in total. The number of ether oxygens (including phenoxy) is 2. The molecule has 5 rings (SSSR count). The van der Waals surface area contributed by atoms with Crippen molar-refractivity contribution in [3.8, 4) is 33.8 Å². The number of anilines is 4. The number of nitrogens with zero attached hydrogens (tertiary/aromatic N) is 2. The zero-order valence-electron chi connectivity index (χ0n) is 21.0. The molecule has 0 bridgehead atoms. The fourth-order valence-corrected chi connectivity index (χ4v) is 4.11. The van der Waals surface area contributed by atoms with E-state index in [0.717, 1.165) is 56.5 Å². The van der Waals surface area contributed by atoms with Gasteiger partial charge >= 0.3 is 0 Å². The summed E-state index contributed by atoms with van der Waals surface area (Å²) in [6.07, 6.45) is 1.82. The molecular weight excluding hydrogens is 460 g/mol. The van der Waals surface area contributed by atoms with Gasteiger partial charge in [-0.2, -0.15) is 4.98 Å². The maximum atomic E-state index is 5.31. The lowest BCUT2D eigenvalue weighted by Crippen LogP contribution is -2.04. The first-order chi connectivity index (χ1) is 18.1. The minimum atomic E-state index is 0.510. The van der Waals surface area contributed by atoms with Crippen LogP contribution in [0.1, 0.15) is 5.56 Å². The summed E-state index contributed by atoms with van der Waals surface area (Å²) in [6.45, 7) is 1.99. The van der Waals surface area contributed by atoms with Crippen LogP contribution in [0.3, 0.4) is 0 Å². The molecule has 0 aliphatic heterocycles. The Balaban J connectivity index is 1.43. The normalized spacial score (nSPS) is 10.6. The standard InChI is InChI=1S/C31H28N4O2/c1-21-20-32-31(34-29-11-7-5-9-27(29)23-14-18-25(37-3)19-15-23)35-30(21)33-28-10-6-4-8-26(28)22-12-16-24(36-2)17-13-22/h4-20H,1-3H3,(H2,32,33,34,35). The van der Waals surface area contributed by atoms with Crippen molar-refractivity contribution >= 4 is 23.1 Å². The number of methoxy groups -OCH3 is 2. The fourth-order valence-electron chi connectivity index (χ4n) is 4.11. The van der Waals surface area contributed by atoms with Crippen LogP contribution in [0.25, 0.3) is 22.3 Å². The molecule has 0 atom stereocenters. The van der Waals surface area contributed by atoms with Crippen molar-refractivity contribution in [2.45, 2.75) is 6.92 Å². The van der Waals surface area contributed by atoms with Gasteiger partial charge in [-0.3, -0.25) is 0 Å². The van der Waals surface area contributed by atoms with Crippen LogP contribution in [-0.2, 0) is 0 Å². The van der Waals surface area contributed by atoms with Gasteiger partial charge in [0.2, 0.25) is 5.95 Å². The summed E-state index contributed by atoms with van der Waals surface area (Å²) >= 11 is 0. The highest BCUT2D eigenvalue weighted by atomic mass is 16.5. The lowest BCUT2D eigenvalue weighted by atomic mass is 10.0. The number of nitrogens with one attached hydrogen (secondary N) is 2. The highest BCUT2D eigenvalue weighted by molar-refractivity contribution is 5.82. The summed E-state index contributed by atoms with van der Waals surface area (Å²) in [5, 5.41) is 6.92. The summed E-state index contributed by atoms with van der Waals surface area (Å²) in [5.41, 5.74) is 7.10. The van der Waals surface area contributed by atoms with Crippen molar-refractivity contribution in [2.24, 2.45) is 0 Å². The van der Waals surface area contributed by atoms with Crippen molar-refractivity contribution in [2.75, 3.05) is 24.9 Å². The predicted octanol–water partition coefficient (Wildman–Crippen LogP) is 7.62. The van der Waals surface area contributed by atoms with Gasteiger partial charge in [-0.1, -0.05) is 60.7 Å². The maximum Gasteiger partial charge on any atom is 0.229 e. The van der Waals surface area contributed by atoms with Gasteiger partial charge in [0.05, 0.1) is 14.2 Å². The van der Waals surface area contributed by atoms with Crippen LogP contribution in [0.15, 0.2) is 103 Å². The van der Waals surface area contributed by atoms with Crippen molar-refractivity contribution in [1.29, 1.82) is 0 Å². The number of para-hydroxylation sites is 2. The first-order valence-corrected chi connectivity index (χ1v) is 12.0. The molecule has 5 aromatic rings. The summed E-state index contributed by atoms with van der Waals surface area (Å²) in [4.78, 5) is 9.36. The zero-order valence-corrected chi connectivity index (χ0v) is 21.0. The van der Waals surface area contributed by atoms with Crippen LogP contribution in [0, 0.1) is 6.92 Å². The van der Waals surface area contributed by atoms with E-state index in [0.29, 0.717) is 5.95 Å². The first kappa shape index (κ1) is 23.9. The summed E-state index contributed by atoms with van der Waals surface area (Å²) in [7, 11) is 3.34. The Kier molecular flexibility index (Phi) is 6.99. The fraction of sp³-hybridized carbons (Fsp3) is 0.0968. The van der Waals surface area contributed by atoms with Crippen LogP contribution < -0.4 is 20.1 Å². The van der Waals surface area contributed by atoms with Gasteiger partial charge in [0.1, 0.15) is 17.3 Å². The Morgan fingerprint density at radius 1 is 0.595 bits per heavy atom. The van der Waals surface area contributed by atoms with E-state index in [2.05, 4.69) is 39.9 Å². The second-order valence-electron chi connectivity index (χ2n) is 8.52. The molecule has 0 aliphatic carbocycles. The predicted molar refractivity (Wildman–Crippen MR) is 150 cm³/mol. The lowest BCUT2D eigenvalue weighted by molar-refractivity contribution is 0.415. The Labute approximate surface area is 217 Å². The van der Waals surface area contributed by atoms with E-state index >= 15 is 0 Å². The van der Waals surface area contributed by atoms with Crippen molar-refractivity contribution in [3.05, 3.63) is 109 Å². The van der Waals surface area contributed by atoms with Crippen LogP contribution >= 0.6 is 0 Å². The molecule has 1 heterocycles. The molecule has 184 valence electrons. The Morgan fingerprint density at radius 3 is 1.59 bits per heavy atom. The van der Waals surface area contributed by atoms with E-state index in [9.17, 15) is 0 Å². The summed E-state index contributed by atoms with van der Waals surface area (Å²) in [6, 6.07) is 32.3.